The van der Waals surface area contributed by atoms with Gasteiger partial charge in [-0.05, 0) is 6.07 Å². The van der Waals surface area contributed by atoms with Crippen molar-refractivity contribution < 1.29 is 28.0 Å². The number of halogens is 3. The van der Waals surface area contributed by atoms with E-state index in [1.165, 1.54) is 0 Å². The summed E-state index contributed by atoms with van der Waals surface area (Å²) >= 11 is 0. The molecule has 3 nitrogen and oxygen atoms in total. The van der Waals surface area contributed by atoms with Crippen LogP contribution in [0.3, 0.4) is 0 Å². The van der Waals surface area contributed by atoms with Crippen molar-refractivity contribution >= 4 is 12.6 Å². The minimum Gasteiger partial charge on any atom is -0.488 e. The van der Waals surface area contributed by atoms with Crippen molar-refractivity contribution in [3.8, 4) is 5.75 Å². The third-order valence-electron chi connectivity index (χ3n) is 1.62. The van der Waals surface area contributed by atoms with Crippen LogP contribution in [0.5, 0.6) is 5.75 Å². The summed E-state index contributed by atoms with van der Waals surface area (Å²) in [6.45, 7) is -0.927. The molecule has 0 aliphatic rings. The fourth-order valence-corrected chi connectivity index (χ4v) is 0.999. The van der Waals surface area contributed by atoms with Crippen LogP contribution in [-0.2, 0) is 0 Å². The van der Waals surface area contributed by atoms with E-state index in [1.54, 1.807) is 0 Å². The van der Waals surface area contributed by atoms with E-state index in [9.17, 15) is 13.2 Å². The molecule has 0 heterocycles. The van der Waals surface area contributed by atoms with E-state index in [1.807, 2.05) is 0 Å². The minimum atomic E-state index is -2.71. The van der Waals surface area contributed by atoms with Gasteiger partial charge in [0.1, 0.15) is 18.2 Å². The summed E-state index contributed by atoms with van der Waals surface area (Å²) in [7, 11) is -1.89. The first-order chi connectivity index (χ1) is 7.00. The van der Waals surface area contributed by atoms with E-state index in [4.69, 9.17) is 10.0 Å². The molecule has 1 rings (SSSR count). The summed E-state index contributed by atoms with van der Waals surface area (Å²) in [4.78, 5) is 0. The molecular weight excluding hydrogens is 212 g/mol. The quantitative estimate of drug-likeness (QED) is 0.710. The van der Waals surface area contributed by atoms with E-state index in [0.29, 0.717) is 0 Å². The Hall–Kier alpha value is -1.21. The Morgan fingerprint density at radius 2 is 2.00 bits per heavy atom. The van der Waals surface area contributed by atoms with Gasteiger partial charge in [-0.2, -0.15) is 0 Å². The van der Waals surface area contributed by atoms with Crippen LogP contribution in [0, 0.1) is 5.82 Å². The number of rotatable bonds is 4. The molecule has 0 unspecified atom stereocenters. The second-order valence-electron chi connectivity index (χ2n) is 2.76. The van der Waals surface area contributed by atoms with Crippen molar-refractivity contribution in [2.75, 3.05) is 6.61 Å². The first-order valence-electron chi connectivity index (χ1n) is 4.07. The van der Waals surface area contributed by atoms with Crippen molar-refractivity contribution in [3.63, 3.8) is 0 Å². The zero-order valence-corrected chi connectivity index (χ0v) is 7.53. The molecule has 0 fully saturated rings. The molecule has 1 aromatic carbocycles. The first kappa shape index (κ1) is 11.9. The normalized spacial score (nSPS) is 10.5. The van der Waals surface area contributed by atoms with Gasteiger partial charge in [-0.3, -0.25) is 0 Å². The van der Waals surface area contributed by atoms with Gasteiger partial charge >= 0.3 is 7.12 Å². The smallest absolute Gasteiger partial charge is 0.488 e. The Morgan fingerprint density at radius 3 is 2.53 bits per heavy atom. The number of benzene rings is 1. The van der Waals surface area contributed by atoms with Gasteiger partial charge in [0.15, 0.2) is 0 Å². The molecule has 1 aromatic rings. The molecular formula is C8H8BF3O3. The van der Waals surface area contributed by atoms with E-state index >= 15 is 0 Å². The number of hydrogen-bond donors (Lipinski definition) is 2. The SMILES string of the molecule is OB(O)c1ccc(F)cc1OCC(F)F. The van der Waals surface area contributed by atoms with Crippen LogP contribution >= 0.6 is 0 Å². The van der Waals surface area contributed by atoms with Crippen LogP contribution < -0.4 is 10.2 Å². The molecule has 0 aliphatic carbocycles. The zero-order chi connectivity index (χ0) is 11.4. The van der Waals surface area contributed by atoms with Gasteiger partial charge in [-0.1, -0.05) is 6.07 Å². The predicted molar refractivity (Wildman–Crippen MR) is 47.7 cm³/mol. The molecule has 0 aliphatic heterocycles. The molecule has 0 atom stereocenters. The first-order valence-corrected chi connectivity index (χ1v) is 4.07. The van der Waals surface area contributed by atoms with Gasteiger partial charge in [-0.15, -0.1) is 0 Å². The van der Waals surface area contributed by atoms with Gasteiger partial charge < -0.3 is 14.8 Å². The Bertz CT molecular complexity index is 333. The lowest BCUT2D eigenvalue weighted by Crippen LogP contribution is -2.32. The van der Waals surface area contributed by atoms with Crippen LogP contribution in [0.1, 0.15) is 0 Å². The summed E-state index contributed by atoms with van der Waals surface area (Å²) in [5.74, 6) is -1.01. The maximum absolute atomic E-state index is 12.7. The molecule has 0 radical (unpaired) electrons. The summed E-state index contributed by atoms with van der Waals surface area (Å²) in [5.41, 5.74) is -0.156. The summed E-state index contributed by atoms with van der Waals surface area (Å²) in [6.07, 6.45) is -2.71. The molecule has 0 bridgehead atoms. The third-order valence-corrected chi connectivity index (χ3v) is 1.62. The van der Waals surface area contributed by atoms with Gasteiger partial charge in [-0.25, -0.2) is 13.2 Å². The monoisotopic (exact) mass is 220 g/mol. The van der Waals surface area contributed by atoms with Gasteiger partial charge in [0, 0.05) is 11.5 Å². The van der Waals surface area contributed by atoms with Crippen LogP contribution in [0.4, 0.5) is 13.2 Å². The lowest BCUT2D eigenvalue weighted by molar-refractivity contribution is 0.0821. The number of ether oxygens (including phenoxy) is 1. The van der Waals surface area contributed by atoms with E-state index in [-0.39, 0.29) is 11.2 Å². The highest BCUT2D eigenvalue weighted by atomic mass is 19.3. The third kappa shape index (κ3) is 3.45. The van der Waals surface area contributed by atoms with E-state index in [0.717, 1.165) is 18.2 Å². The Balaban J connectivity index is 2.87. The lowest BCUT2D eigenvalue weighted by atomic mass is 9.79. The molecule has 0 saturated carbocycles. The fourth-order valence-electron chi connectivity index (χ4n) is 0.999. The van der Waals surface area contributed by atoms with Crippen molar-refractivity contribution in [1.82, 2.24) is 0 Å². The van der Waals surface area contributed by atoms with E-state index in [2.05, 4.69) is 4.74 Å². The zero-order valence-electron chi connectivity index (χ0n) is 7.53. The molecule has 2 N–H and O–H groups in total. The second-order valence-corrected chi connectivity index (χ2v) is 2.76. The molecule has 0 aromatic heterocycles. The molecule has 82 valence electrons. The summed E-state index contributed by atoms with van der Waals surface area (Å²) in [5, 5.41) is 17.7. The standard InChI is InChI=1S/C8H8BF3O3/c10-5-1-2-6(9(13)14)7(3-5)15-4-8(11)12/h1-3,8,13-14H,4H2. The van der Waals surface area contributed by atoms with Crippen LogP contribution in [0.25, 0.3) is 0 Å². The largest absolute Gasteiger partial charge is 0.492 e. The molecule has 0 saturated heterocycles. The average molecular weight is 220 g/mol. The lowest BCUT2D eigenvalue weighted by Gasteiger charge is -2.10. The fraction of sp³-hybridized carbons (Fsp3) is 0.250. The highest BCUT2D eigenvalue weighted by molar-refractivity contribution is 6.59. The summed E-state index contributed by atoms with van der Waals surface area (Å²) < 4.78 is 40.9. The van der Waals surface area contributed by atoms with E-state index < -0.39 is 26.0 Å². The minimum absolute atomic E-state index is 0.156. The maximum atomic E-state index is 12.7. The van der Waals surface area contributed by atoms with Crippen molar-refractivity contribution in [3.05, 3.63) is 24.0 Å². The highest BCUT2D eigenvalue weighted by Gasteiger charge is 2.18. The van der Waals surface area contributed by atoms with Crippen LogP contribution in [-0.4, -0.2) is 30.2 Å². The maximum Gasteiger partial charge on any atom is 0.492 e. The van der Waals surface area contributed by atoms with Crippen LogP contribution in [0.15, 0.2) is 18.2 Å². The summed E-state index contributed by atoms with van der Waals surface area (Å²) in [6, 6.07) is 2.85. The predicted octanol–water partition coefficient (Wildman–Crippen LogP) is 0.149. The Morgan fingerprint density at radius 1 is 1.33 bits per heavy atom. The Labute approximate surface area is 84.3 Å². The van der Waals surface area contributed by atoms with Crippen molar-refractivity contribution in [2.24, 2.45) is 0 Å². The second kappa shape index (κ2) is 5.04. The van der Waals surface area contributed by atoms with Gasteiger partial charge in [0.05, 0.1) is 0 Å². The topological polar surface area (TPSA) is 49.7 Å². The number of hydrogen-bond acceptors (Lipinski definition) is 3. The number of alkyl halides is 2. The highest BCUT2D eigenvalue weighted by Crippen LogP contribution is 2.11. The molecule has 7 heteroatoms. The average Bonchev–Trinajstić information content (AvgIpc) is 2.14. The molecule has 0 spiro atoms. The molecule has 15 heavy (non-hydrogen) atoms. The molecule has 0 amide bonds. The van der Waals surface area contributed by atoms with Crippen LogP contribution in [0.2, 0.25) is 0 Å². The van der Waals surface area contributed by atoms with Crippen molar-refractivity contribution in [2.45, 2.75) is 6.43 Å². The van der Waals surface area contributed by atoms with Crippen molar-refractivity contribution in [1.29, 1.82) is 0 Å². The Kier molecular flexibility index (Phi) is 3.99. The van der Waals surface area contributed by atoms with Gasteiger partial charge in [0.2, 0.25) is 0 Å². The van der Waals surface area contributed by atoms with Gasteiger partial charge in [0.25, 0.3) is 6.43 Å².